The lowest BCUT2D eigenvalue weighted by Gasteiger charge is -2.00. The lowest BCUT2D eigenvalue weighted by atomic mass is 10.1. The topological polar surface area (TPSA) is 95.5 Å². The van der Waals surface area contributed by atoms with Crippen LogP contribution in [0, 0.1) is 13.1 Å². The minimum atomic E-state index is -0.859. The number of ketones is 3. The van der Waals surface area contributed by atoms with Gasteiger partial charge in [0.05, 0.1) is 18.9 Å². The van der Waals surface area contributed by atoms with Gasteiger partial charge in [-0.05, 0) is 20.8 Å². The molecule has 0 aromatic rings. The van der Waals surface area contributed by atoms with Crippen molar-refractivity contribution in [1.29, 1.82) is 0 Å². The Labute approximate surface area is 153 Å². The molecule has 0 fully saturated rings. The van der Waals surface area contributed by atoms with Gasteiger partial charge in [0.1, 0.15) is 18.2 Å². The van der Waals surface area contributed by atoms with Crippen molar-refractivity contribution >= 4 is 34.9 Å². The van der Waals surface area contributed by atoms with Crippen molar-refractivity contribution in [3.63, 3.8) is 0 Å². The van der Waals surface area contributed by atoms with Gasteiger partial charge in [-0.2, -0.15) is 0 Å². The maximum atomic E-state index is 11.0. The summed E-state index contributed by atoms with van der Waals surface area (Å²) in [4.78, 5) is 47.4. The number of esters is 1. The van der Waals surface area contributed by atoms with Crippen LogP contribution in [-0.4, -0.2) is 62.1 Å². The Hall–Kier alpha value is -2.29. The summed E-state index contributed by atoms with van der Waals surface area (Å²) in [6.45, 7) is 17.5. The van der Waals surface area contributed by atoms with Crippen molar-refractivity contribution in [3.05, 3.63) is 22.8 Å². The lowest BCUT2D eigenvalue weighted by molar-refractivity contribution is -0.140. The maximum absolute atomic E-state index is 11.0. The maximum Gasteiger partial charge on any atom is 0.387 e. The van der Waals surface area contributed by atoms with Gasteiger partial charge in [0, 0.05) is 7.11 Å². The van der Waals surface area contributed by atoms with Gasteiger partial charge in [-0.25, -0.2) is 17.9 Å². The van der Waals surface area contributed by atoms with Gasteiger partial charge in [0.25, 0.3) is 6.04 Å². The normalized spacial score (nSPS) is 9.56. The Kier molecular flexibility index (Phi) is 21.8. The number of nitrogens with zero attached hydrogens (tertiary/aromatic N) is 2. The lowest BCUT2D eigenvalue weighted by Crippen LogP contribution is -2.23. The van der Waals surface area contributed by atoms with Crippen LogP contribution in [0.3, 0.4) is 0 Å². The smallest absolute Gasteiger partial charge is 0.387 e. The second-order valence-corrected chi connectivity index (χ2v) is 4.67. The number of carbonyl (C=O) groups is 4. The van der Waals surface area contributed by atoms with E-state index in [1.807, 2.05) is 0 Å². The molecule has 0 radical (unpaired) electrons. The minimum Gasteiger partial charge on any atom is -0.460 e. The molecule has 0 aromatic carbocycles. The number of carbonyl (C=O) groups excluding carboxylic acids is 4. The molecule has 25 heavy (non-hydrogen) atoms. The van der Waals surface area contributed by atoms with Crippen molar-refractivity contribution in [1.82, 2.24) is 0 Å². The van der Waals surface area contributed by atoms with E-state index >= 15 is 0 Å². The molecule has 140 valence electrons. The number of halogens is 1. The molecule has 0 amide bonds. The number of ether oxygens (including phenoxy) is 2. The van der Waals surface area contributed by atoms with Crippen LogP contribution in [0.4, 0.5) is 0 Å². The van der Waals surface area contributed by atoms with Crippen LogP contribution >= 0.6 is 11.6 Å². The first-order chi connectivity index (χ1) is 11.7. The molecule has 0 aliphatic heterocycles. The Morgan fingerprint density at radius 3 is 1.92 bits per heavy atom. The van der Waals surface area contributed by atoms with Crippen molar-refractivity contribution < 1.29 is 28.7 Å². The summed E-state index contributed by atoms with van der Waals surface area (Å²) in [7, 11) is 1.38. The second-order valence-electron chi connectivity index (χ2n) is 4.41. The Morgan fingerprint density at radius 1 is 1.12 bits per heavy atom. The highest BCUT2D eigenvalue weighted by atomic mass is 35.5. The summed E-state index contributed by atoms with van der Waals surface area (Å²) in [5.74, 6) is -0.766. The molecule has 0 aromatic heterocycles. The van der Waals surface area contributed by atoms with Crippen LogP contribution < -0.4 is 0 Å². The van der Waals surface area contributed by atoms with Crippen molar-refractivity contribution in [2.45, 2.75) is 33.2 Å². The summed E-state index contributed by atoms with van der Waals surface area (Å²) in [6, 6.07) is -0.859. The van der Waals surface area contributed by atoms with E-state index in [0.29, 0.717) is 6.61 Å². The van der Waals surface area contributed by atoms with Gasteiger partial charge >= 0.3 is 12.5 Å². The molecule has 1 atom stereocenters. The third-order valence-corrected chi connectivity index (χ3v) is 2.37. The standard InChI is InChI=1S/C8H11NO3.C5H7NO2.C3H5ClO/c1-6(10)4-7(9-2)8(11)5-12-3;1-3-8-5(7)4-6-2;1-3(5)2-4/h7H,4-5H2,1,3H3;3-4H2,1H3;2H2,1H3. The van der Waals surface area contributed by atoms with Crippen molar-refractivity contribution in [2.24, 2.45) is 0 Å². The van der Waals surface area contributed by atoms with E-state index in [1.54, 1.807) is 6.92 Å². The molecule has 0 saturated heterocycles. The van der Waals surface area contributed by atoms with E-state index in [1.165, 1.54) is 21.0 Å². The largest absolute Gasteiger partial charge is 0.460 e. The van der Waals surface area contributed by atoms with Gasteiger partial charge in [0.2, 0.25) is 5.78 Å². The highest BCUT2D eigenvalue weighted by molar-refractivity contribution is 6.27. The molecule has 0 rings (SSSR count). The van der Waals surface area contributed by atoms with Crippen LogP contribution in [0.15, 0.2) is 0 Å². The molecule has 0 spiro atoms. The molecule has 9 heteroatoms. The minimum absolute atomic E-state index is 0.00824. The molecule has 0 bridgehead atoms. The third-order valence-electron chi connectivity index (χ3n) is 2.00. The fraction of sp³-hybridized carbons (Fsp3) is 0.625. The molecule has 0 heterocycles. The zero-order chi connectivity index (χ0) is 20.3. The quantitative estimate of drug-likeness (QED) is 0.365. The molecular weight excluding hydrogens is 352 g/mol. The van der Waals surface area contributed by atoms with E-state index < -0.39 is 12.0 Å². The van der Waals surface area contributed by atoms with Gasteiger partial charge < -0.3 is 19.2 Å². The Bertz CT molecular complexity index is 508. The van der Waals surface area contributed by atoms with Gasteiger partial charge in [-0.3, -0.25) is 14.4 Å². The van der Waals surface area contributed by atoms with Gasteiger partial charge in [-0.15, -0.1) is 11.6 Å². The van der Waals surface area contributed by atoms with Crippen molar-refractivity contribution in [3.8, 4) is 0 Å². The van der Waals surface area contributed by atoms with E-state index in [-0.39, 0.29) is 42.8 Å². The number of hydrogen-bond acceptors (Lipinski definition) is 6. The fourth-order valence-corrected chi connectivity index (χ4v) is 1.01. The zero-order valence-electron chi connectivity index (χ0n) is 14.8. The van der Waals surface area contributed by atoms with Crippen LogP contribution in [-0.2, 0) is 28.7 Å². The first kappa shape index (κ1) is 27.6. The highest BCUT2D eigenvalue weighted by Crippen LogP contribution is 2.00. The molecule has 1 unspecified atom stereocenters. The zero-order valence-corrected chi connectivity index (χ0v) is 15.6. The molecule has 0 saturated carbocycles. The number of alkyl halides is 1. The molecule has 0 N–H and O–H groups in total. The van der Waals surface area contributed by atoms with E-state index in [4.69, 9.17) is 24.7 Å². The predicted molar refractivity (Wildman–Crippen MR) is 92.1 cm³/mol. The van der Waals surface area contributed by atoms with E-state index in [0.717, 1.165) is 0 Å². The van der Waals surface area contributed by atoms with Crippen LogP contribution in [0.25, 0.3) is 9.69 Å². The highest BCUT2D eigenvalue weighted by Gasteiger charge is 2.24. The Balaban J connectivity index is -0.000000321. The molecule has 8 nitrogen and oxygen atoms in total. The summed E-state index contributed by atoms with van der Waals surface area (Å²) in [6.07, 6.45) is -0.00824. The van der Waals surface area contributed by atoms with Crippen molar-refractivity contribution in [2.75, 3.05) is 32.7 Å². The molecule has 0 aliphatic rings. The summed E-state index contributed by atoms with van der Waals surface area (Å²) >= 11 is 4.99. The van der Waals surface area contributed by atoms with Crippen LogP contribution in [0.5, 0.6) is 0 Å². The SMILES string of the molecule is CC(=O)CCl.[C-]#[N+]C(CC(C)=O)C(=O)COC.[C-]#[N+]CC(=O)OCC. The first-order valence-corrected chi connectivity index (χ1v) is 7.65. The van der Waals surface area contributed by atoms with E-state index in [2.05, 4.69) is 19.2 Å². The van der Waals surface area contributed by atoms with Crippen LogP contribution in [0.1, 0.15) is 27.2 Å². The number of hydrogen-bond donors (Lipinski definition) is 0. The Morgan fingerprint density at radius 2 is 1.64 bits per heavy atom. The monoisotopic (exact) mass is 374 g/mol. The number of rotatable bonds is 8. The average Bonchev–Trinajstić information content (AvgIpc) is 2.54. The molecular formula is C16H23ClN2O6. The van der Waals surface area contributed by atoms with Gasteiger partial charge in [0.15, 0.2) is 0 Å². The molecule has 0 aliphatic carbocycles. The summed E-state index contributed by atoms with van der Waals surface area (Å²) in [5.41, 5.74) is 0. The third kappa shape index (κ3) is 24.1. The van der Waals surface area contributed by atoms with Crippen LogP contribution in [0.2, 0.25) is 0 Å². The fourth-order valence-electron chi connectivity index (χ4n) is 1.01. The number of Topliss-reactive ketones (excluding diaryl/α,β-unsaturated/α-hetero) is 3. The average molecular weight is 375 g/mol. The predicted octanol–water partition coefficient (Wildman–Crippen LogP) is 1.75. The van der Waals surface area contributed by atoms with E-state index in [9.17, 15) is 19.2 Å². The van der Waals surface area contributed by atoms with Gasteiger partial charge in [-0.1, -0.05) is 0 Å². The second kappa shape index (κ2) is 19.8. The summed E-state index contributed by atoms with van der Waals surface area (Å²) < 4.78 is 8.99. The number of methoxy groups -OCH3 is 1. The first-order valence-electron chi connectivity index (χ1n) is 7.11. The summed E-state index contributed by atoms with van der Waals surface area (Å²) in [5, 5.41) is 0.